The lowest BCUT2D eigenvalue weighted by Crippen LogP contribution is -2.26. The number of carbonyl (C=O) groups is 2. The lowest BCUT2D eigenvalue weighted by Gasteiger charge is -2.09. The second kappa shape index (κ2) is 11.8. The number of aliphatic hydroxyl groups is 1. The molecule has 4 N–H and O–H groups in total. The number of hydrogen-bond acceptors (Lipinski definition) is 7. The van der Waals surface area contributed by atoms with E-state index >= 15 is 0 Å². The van der Waals surface area contributed by atoms with Gasteiger partial charge in [0.2, 0.25) is 0 Å². The van der Waals surface area contributed by atoms with E-state index in [9.17, 15) is 10.1 Å². The lowest BCUT2D eigenvalue weighted by molar-refractivity contribution is -0.385. The Bertz CT molecular complexity index is 577. The van der Waals surface area contributed by atoms with Gasteiger partial charge in [-0.15, -0.1) is 0 Å². The summed E-state index contributed by atoms with van der Waals surface area (Å²) in [4.78, 5) is 28.6. The predicted molar refractivity (Wildman–Crippen MR) is 87.8 cm³/mol. The quantitative estimate of drug-likeness (QED) is 0.228. The second-order valence-electron chi connectivity index (χ2n) is 5.09. The molecule has 0 aliphatic carbocycles. The average Bonchev–Trinajstić information content (AvgIpc) is 2.50. The summed E-state index contributed by atoms with van der Waals surface area (Å²) >= 11 is 0. The van der Waals surface area contributed by atoms with E-state index in [-0.39, 0.29) is 11.8 Å². The van der Waals surface area contributed by atoms with Gasteiger partial charge in [-0.25, -0.2) is 9.59 Å². The van der Waals surface area contributed by atoms with Crippen LogP contribution in [-0.2, 0) is 9.59 Å². The molecule has 25 heavy (non-hydrogen) atoms. The van der Waals surface area contributed by atoms with Gasteiger partial charge in [0.1, 0.15) is 0 Å². The van der Waals surface area contributed by atoms with Crippen LogP contribution < -0.4 is 10.1 Å². The van der Waals surface area contributed by atoms with Crippen LogP contribution in [0.15, 0.2) is 18.2 Å². The Morgan fingerprint density at radius 1 is 1.32 bits per heavy atom. The van der Waals surface area contributed by atoms with Gasteiger partial charge < -0.3 is 25.4 Å². The molecular weight excluding hydrogens is 336 g/mol. The molecule has 1 atom stereocenters. The zero-order valence-electron chi connectivity index (χ0n) is 14.0. The van der Waals surface area contributed by atoms with E-state index in [1.165, 1.54) is 6.07 Å². The van der Waals surface area contributed by atoms with E-state index in [1.807, 2.05) is 6.92 Å². The van der Waals surface area contributed by atoms with Gasteiger partial charge in [-0.3, -0.25) is 10.1 Å². The Kier molecular flexibility index (Phi) is 10.5. The molecule has 0 aromatic heterocycles. The van der Waals surface area contributed by atoms with E-state index in [0.717, 1.165) is 12.0 Å². The highest BCUT2D eigenvalue weighted by atomic mass is 16.6. The number of benzene rings is 1. The highest BCUT2D eigenvalue weighted by Crippen LogP contribution is 2.27. The Hall–Kier alpha value is -2.72. The maximum Gasteiger partial charge on any atom is 0.414 e. The Balaban J connectivity index is 0.000000823. The van der Waals surface area contributed by atoms with Crippen LogP contribution in [0.2, 0.25) is 0 Å². The number of carboxylic acids is 2. The third kappa shape index (κ3) is 10.6. The molecule has 0 aliphatic rings. The van der Waals surface area contributed by atoms with Crippen molar-refractivity contribution >= 4 is 17.6 Å². The molecule has 0 fully saturated rings. The SMILES string of the molecule is Cc1ccc([N+](=O)[O-])c(OCCCNCC(C)O)c1.O=C(O)C(=O)O. The fourth-order valence-electron chi connectivity index (χ4n) is 1.58. The predicted octanol–water partition coefficient (Wildman–Crippen LogP) is 0.798. The third-order valence-electron chi connectivity index (χ3n) is 2.69. The zero-order valence-corrected chi connectivity index (χ0v) is 14.0. The number of nitrogens with one attached hydrogen (secondary N) is 1. The van der Waals surface area contributed by atoms with Crippen molar-refractivity contribution in [1.29, 1.82) is 0 Å². The number of aliphatic carboxylic acids is 2. The van der Waals surface area contributed by atoms with Crippen molar-refractivity contribution in [3.63, 3.8) is 0 Å². The summed E-state index contributed by atoms with van der Waals surface area (Å²) < 4.78 is 5.44. The van der Waals surface area contributed by atoms with Crippen LogP contribution in [0.4, 0.5) is 5.69 Å². The number of aliphatic hydroxyl groups excluding tert-OH is 1. The molecule has 1 unspecified atom stereocenters. The van der Waals surface area contributed by atoms with Crippen LogP contribution >= 0.6 is 0 Å². The van der Waals surface area contributed by atoms with Gasteiger partial charge in [0, 0.05) is 12.6 Å². The summed E-state index contributed by atoms with van der Waals surface area (Å²) in [5, 5.41) is 37.7. The molecule has 0 aliphatic heterocycles. The van der Waals surface area contributed by atoms with E-state index in [2.05, 4.69) is 5.32 Å². The number of carboxylic acid groups (broad SMARTS) is 2. The first-order valence-electron chi connectivity index (χ1n) is 7.38. The summed E-state index contributed by atoms with van der Waals surface area (Å²) in [6, 6.07) is 4.81. The number of nitro benzene ring substituents is 1. The maximum absolute atomic E-state index is 10.8. The third-order valence-corrected chi connectivity index (χ3v) is 2.69. The number of nitrogens with zero attached hydrogens (tertiary/aromatic N) is 1. The Morgan fingerprint density at radius 3 is 2.40 bits per heavy atom. The molecule has 1 aromatic carbocycles. The number of hydrogen-bond donors (Lipinski definition) is 4. The summed E-state index contributed by atoms with van der Waals surface area (Å²) in [5.41, 5.74) is 0.912. The fraction of sp³-hybridized carbons (Fsp3) is 0.467. The van der Waals surface area contributed by atoms with E-state index in [0.29, 0.717) is 25.4 Å². The van der Waals surface area contributed by atoms with Crippen molar-refractivity contribution in [1.82, 2.24) is 5.32 Å². The van der Waals surface area contributed by atoms with Crippen molar-refractivity contribution in [2.24, 2.45) is 0 Å². The molecule has 0 saturated carbocycles. The van der Waals surface area contributed by atoms with Crippen LogP contribution in [0.1, 0.15) is 18.9 Å². The number of rotatable bonds is 8. The Morgan fingerprint density at radius 2 is 1.92 bits per heavy atom. The van der Waals surface area contributed by atoms with Crippen LogP contribution in [0, 0.1) is 17.0 Å². The zero-order chi connectivity index (χ0) is 19.4. The molecule has 0 amide bonds. The Labute approximate surface area is 144 Å². The van der Waals surface area contributed by atoms with Crippen LogP contribution in [-0.4, -0.2) is 58.0 Å². The topological polar surface area (TPSA) is 159 Å². The van der Waals surface area contributed by atoms with Crippen molar-refractivity contribution in [2.45, 2.75) is 26.4 Å². The molecule has 10 heteroatoms. The van der Waals surface area contributed by atoms with Gasteiger partial charge >= 0.3 is 17.6 Å². The highest BCUT2D eigenvalue weighted by molar-refractivity contribution is 6.27. The smallest absolute Gasteiger partial charge is 0.414 e. The minimum atomic E-state index is -1.82. The molecule has 1 rings (SSSR count). The number of aryl methyl sites for hydroxylation is 1. The van der Waals surface area contributed by atoms with E-state index in [4.69, 9.17) is 29.6 Å². The van der Waals surface area contributed by atoms with Crippen LogP contribution in [0.25, 0.3) is 0 Å². The summed E-state index contributed by atoms with van der Waals surface area (Å²) in [6.45, 7) is 5.20. The molecule has 0 spiro atoms. The standard InChI is InChI=1S/C13H20N2O4.C2H2O4/c1-10-4-5-12(15(17)18)13(8-10)19-7-3-6-14-9-11(2)16;3-1(4)2(5)6/h4-5,8,11,14,16H,3,6-7,9H2,1-2H3;(H,3,4)(H,5,6). The summed E-state index contributed by atoms with van der Waals surface area (Å²) in [6.07, 6.45) is 0.344. The molecule has 10 nitrogen and oxygen atoms in total. The van der Waals surface area contributed by atoms with Gasteiger partial charge in [-0.1, -0.05) is 6.07 Å². The van der Waals surface area contributed by atoms with E-state index in [1.54, 1.807) is 19.1 Å². The summed E-state index contributed by atoms with van der Waals surface area (Å²) in [7, 11) is 0. The van der Waals surface area contributed by atoms with Gasteiger partial charge in [0.05, 0.1) is 17.6 Å². The van der Waals surface area contributed by atoms with Crippen LogP contribution in [0.5, 0.6) is 5.75 Å². The second-order valence-corrected chi connectivity index (χ2v) is 5.09. The maximum atomic E-state index is 10.8. The number of ether oxygens (including phenoxy) is 1. The molecule has 0 bridgehead atoms. The van der Waals surface area contributed by atoms with Gasteiger partial charge in [-0.2, -0.15) is 0 Å². The number of nitro groups is 1. The average molecular weight is 358 g/mol. The van der Waals surface area contributed by atoms with E-state index < -0.39 is 16.9 Å². The molecule has 0 heterocycles. The normalized spacial score (nSPS) is 11.0. The summed E-state index contributed by atoms with van der Waals surface area (Å²) in [5.74, 6) is -3.34. The van der Waals surface area contributed by atoms with Crippen molar-refractivity contribution in [2.75, 3.05) is 19.7 Å². The molecule has 0 saturated heterocycles. The lowest BCUT2D eigenvalue weighted by atomic mass is 10.2. The van der Waals surface area contributed by atoms with Crippen molar-refractivity contribution in [3.05, 3.63) is 33.9 Å². The van der Waals surface area contributed by atoms with Crippen LogP contribution in [0.3, 0.4) is 0 Å². The highest BCUT2D eigenvalue weighted by Gasteiger charge is 2.14. The first-order valence-corrected chi connectivity index (χ1v) is 7.38. The minimum Gasteiger partial charge on any atom is -0.487 e. The monoisotopic (exact) mass is 358 g/mol. The first-order chi connectivity index (χ1) is 11.6. The minimum absolute atomic E-state index is 0.0115. The largest absolute Gasteiger partial charge is 0.487 e. The molecule has 0 radical (unpaired) electrons. The van der Waals surface area contributed by atoms with Gasteiger partial charge in [0.25, 0.3) is 0 Å². The first kappa shape index (κ1) is 22.3. The molecule has 1 aromatic rings. The molecular formula is C15H22N2O8. The van der Waals surface area contributed by atoms with Crippen molar-refractivity contribution < 1.29 is 34.6 Å². The fourth-order valence-corrected chi connectivity index (χ4v) is 1.58. The van der Waals surface area contributed by atoms with Gasteiger partial charge in [0.15, 0.2) is 5.75 Å². The van der Waals surface area contributed by atoms with Gasteiger partial charge in [-0.05, 0) is 38.4 Å². The van der Waals surface area contributed by atoms with Crippen molar-refractivity contribution in [3.8, 4) is 5.75 Å². The molecule has 140 valence electrons.